The number of pyridine rings is 1. The molecule has 0 bridgehead atoms. The Bertz CT molecular complexity index is 292. The summed E-state index contributed by atoms with van der Waals surface area (Å²) in [7, 11) is 0. The van der Waals surface area contributed by atoms with E-state index < -0.39 is 12.1 Å². The van der Waals surface area contributed by atoms with Crippen molar-refractivity contribution in [3.8, 4) is 5.75 Å². The monoisotopic (exact) mass is 193 g/mol. The smallest absolute Gasteiger partial charge is 0.406 e. The second-order valence-corrected chi connectivity index (χ2v) is 2.20. The Morgan fingerprint density at radius 2 is 1.62 bits per heavy atom. The number of halogens is 3. The first-order valence-corrected chi connectivity index (χ1v) is 3.15. The number of hydrogen-bond donors (Lipinski definition) is 2. The molecule has 0 saturated carbocycles. The van der Waals surface area contributed by atoms with Gasteiger partial charge in [-0.05, 0) is 0 Å². The quantitative estimate of drug-likeness (QED) is 0.701. The van der Waals surface area contributed by atoms with Crippen LogP contribution in [-0.2, 0) is 0 Å². The summed E-state index contributed by atoms with van der Waals surface area (Å²) in [6.07, 6.45) is -4.75. The SMILES string of the molecule is Nc1cc(OC(F)(F)F)cc(N)n1. The summed E-state index contributed by atoms with van der Waals surface area (Å²) in [6, 6.07) is 1.87. The van der Waals surface area contributed by atoms with Crippen molar-refractivity contribution in [2.24, 2.45) is 0 Å². The Kier molecular flexibility index (Phi) is 2.18. The lowest BCUT2D eigenvalue weighted by Crippen LogP contribution is -2.17. The third kappa shape index (κ3) is 3.06. The van der Waals surface area contributed by atoms with Crippen molar-refractivity contribution < 1.29 is 17.9 Å². The third-order valence-corrected chi connectivity index (χ3v) is 1.07. The van der Waals surface area contributed by atoms with Gasteiger partial charge in [-0.25, -0.2) is 4.98 Å². The number of ether oxygens (including phenoxy) is 1. The van der Waals surface area contributed by atoms with Gasteiger partial charge in [-0.2, -0.15) is 0 Å². The van der Waals surface area contributed by atoms with Crippen molar-refractivity contribution >= 4 is 11.6 Å². The fourth-order valence-corrected chi connectivity index (χ4v) is 0.739. The zero-order valence-corrected chi connectivity index (χ0v) is 6.30. The lowest BCUT2D eigenvalue weighted by Gasteiger charge is -2.09. The Hall–Kier alpha value is -1.66. The van der Waals surface area contributed by atoms with Gasteiger partial charge in [0.25, 0.3) is 0 Å². The summed E-state index contributed by atoms with van der Waals surface area (Å²) in [4.78, 5) is 3.47. The molecule has 1 aromatic heterocycles. The fraction of sp³-hybridized carbons (Fsp3) is 0.167. The van der Waals surface area contributed by atoms with Crippen LogP contribution in [0.15, 0.2) is 12.1 Å². The van der Waals surface area contributed by atoms with Crippen LogP contribution in [0.3, 0.4) is 0 Å². The highest BCUT2D eigenvalue weighted by atomic mass is 19.4. The van der Waals surface area contributed by atoms with Crippen LogP contribution in [0.4, 0.5) is 24.8 Å². The van der Waals surface area contributed by atoms with Gasteiger partial charge in [-0.3, -0.25) is 0 Å². The molecule has 4 N–H and O–H groups in total. The van der Waals surface area contributed by atoms with E-state index >= 15 is 0 Å². The molecule has 0 atom stereocenters. The molecule has 7 heteroatoms. The van der Waals surface area contributed by atoms with Crippen LogP contribution in [-0.4, -0.2) is 11.3 Å². The second kappa shape index (κ2) is 3.00. The molecule has 0 fully saturated rings. The molecule has 0 saturated heterocycles. The molecular weight excluding hydrogens is 187 g/mol. The van der Waals surface area contributed by atoms with Crippen molar-refractivity contribution in [1.29, 1.82) is 0 Å². The van der Waals surface area contributed by atoms with Gasteiger partial charge < -0.3 is 16.2 Å². The van der Waals surface area contributed by atoms with Gasteiger partial charge >= 0.3 is 6.36 Å². The van der Waals surface area contributed by atoms with Gasteiger partial charge in [-0.1, -0.05) is 0 Å². The molecule has 0 aliphatic rings. The predicted octanol–water partition coefficient (Wildman–Crippen LogP) is 1.14. The summed E-state index contributed by atoms with van der Waals surface area (Å²) in [5.41, 5.74) is 10.3. The second-order valence-electron chi connectivity index (χ2n) is 2.20. The molecule has 0 aliphatic heterocycles. The van der Waals surface area contributed by atoms with Crippen LogP contribution in [0.2, 0.25) is 0 Å². The van der Waals surface area contributed by atoms with Gasteiger partial charge in [0.15, 0.2) is 0 Å². The Labute approximate surface area is 71.3 Å². The molecular formula is C6H6F3N3O. The lowest BCUT2D eigenvalue weighted by atomic mass is 10.4. The van der Waals surface area contributed by atoms with Crippen molar-refractivity contribution in [1.82, 2.24) is 4.98 Å². The highest BCUT2D eigenvalue weighted by Crippen LogP contribution is 2.24. The van der Waals surface area contributed by atoms with E-state index in [-0.39, 0.29) is 11.6 Å². The maximum absolute atomic E-state index is 11.7. The standard InChI is InChI=1S/C6H6F3N3O/c7-6(8,9)13-3-1-4(10)12-5(11)2-3/h1-2H,(H4,10,11,12). The van der Waals surface area contributed by atoms with E-state index in [4.69, 9.17) is 11.5 Å². The molecule has 0 aliphatic carbocycles. The predicted molar refractivity (Wildman–Crippen MR) is 39.7 cm³/mol. The van der Waals surface area contributed by atoms with Crippen molar-refractivity contribution in [3.05, 3.63) is 12.1 Å². The highest BCUT2D eigenvalue weighted by Gasteiger charge is 2.31. The van der Waals surface area contributed by atoms with E-state index in [1.807, 2.05) is 0 Å². The van der Waals surface area contributed by atoms with Gasteiger partial charge in [0.2, 0.25) is 0 Å². The minimum atomic E-state index is -4.75. The molecule has 0 aromatic carbocycles. The van der Waals surface area contributed by atoms with Gasteiger partial charge in [0.1, 0.15) is 17.4 Å². The molecule has 0 radical (unpaired) electrons. The van der Waals surface area contributed by atoms with Gasteiger partial charge in [0, 0.05) is 12.1 Å². The summed E-state index contributed by atoms with van der Waals surface area (Å²) < 4.78 is 38.6. The molecule has 0 amide bonds. The Morgan fingerprint density at radius 1 is 1.15 bits per heavy atom. The zero-order valence-electron chi connectivity index (χ0n) is 6.30. The molecule has 0 spiro atoms. The number of aromatic nitrogens is 1. The molecule has 1 heterocycles. The summed E-state index contributed by atoms with van der Waals surface area (Å²) in [5.74, 6) is -0.726. The maximum atomic E-state index is 11.7. The van der Waals surface area contributed by atoms with Crippen LogP contribution in [0.25, 0.3) is 0 Å². The molecule has 1 rings (SSSR count). The first kappa shape index (κ1) is 9.43. The van der Waals surface area contributed by atoms with E-state index in [1.54, 1.807) is 0 Å². The van der Waals surface area contributed by atoms with E-state index in [0.29, 0.717) is 0 Å². The Morgan fingerprint density at radius 3 is 2.00 bits per heavy atom. The average molecular weight is 193 g/mol. The van der Waals surface area contributed by atoms with E-state index in [2.05, 4.69) is 9.72 Å². The summed E-state index contributed by atoms with van der Waals surface area (Å²) in [6.45, 7) is 0. The van der Waals surface area contributed by atoms with E-state index in [1.165, 1.54) is 0 Å². The van der Waals surface area contributed by atoms with Gasteiger partial charge in [-0.15, -0.1) is 13.2 Å². The normalized spacial score (nSPS) is 11.3. The molecule has 4 nitrogen and oxygen atoms in total. The van der Waals surface area contributed by atoms with Crippen LogP contribution >= 0.6 is 0 Å². The average Bonchev–Trinajstić information content (AvgIpc) is 1.78. The molecule has 0 unspecified atom stereocenters. The van der Waals surface area contributed by atoms with E-state index in [0.717, 1.165) is 12.1 Å². The summed E-state index contributed by atoms with van der Waals surface area (Å²) >= 11 is 0. The molecule has 72 valence electrons. The van der Waals surface area contributed by atoms with Crippen molar-refractivity contribution in [3.63, 3.8) is 0 Å². The first-order chi connectivity index (χ1) is 5.87. The zero-order chi connectivity index (χ0) is 10.1. The number of nitrogen functional groups attached to an aromatic ring is 2. The van der Waals surface area contributed by atoms with Gasteiger partial charge in [0.05, 0.1) is 0 Å². The number of hydrogen-bond acceptors (Lipinski definition) is 4. The minimum absolute atomic E-state index is 0.126. The van der Waals surface area contributed by atoms with Crippen LogP contribution in [0.5, 0.6) is 5.75 Å². The number of nitrogens with zero attached hydrogens (tertiary/aromatic N) is 1. The number of alkyl halides is 3. The summed E-state index contributed by atoms with van der Waals surface area (Å²) in [5, 5.41) is 0. The molecule has 13 heavy (non-hydrogen) atoms. The van der Waals surface area contributed by atoms with Crippen molar-refractivity contribution in [2.45, 2.75) is 6.36 Å². The van der Waals surface area contributed by atoms with Crippen LogP contribution in [0, 0.1) is 0 Å². The lowest BCUT2D eigenvalue weighted by molar-refractivity contribution is -0.274. The maximum Gasteiger partial charge on any atom is 0.573 e. The number of rotatable bonds is 1. The number of nitrogens with two attached hydrogens (primary N) is 2. The first-order valence-electron chi connectivity index (χ1n) is 3.15. The fourth-order valence-electron chi connectivity index (χ4n) is 0.739. The third-order valence-electron chi connectivity index (χ3n) is 1.07. The van der Waals surface area contributed by atoms with Crippen molar-refractivity contribution in [2.75, 3.05) is 11.5 Å². The Balaban J connectivity index is 2.90. The largest absolute Gasteiger partial charge is 0.573 e. The molecule has 1 aromatic rings. The number of anilines is 2. The van der Waals surface area contributed by atoms with Crippen LogP contribution < -0.4 is 16.2 Å². The minimum Gasteiger partial charge on any atom is -0.406 e. The highest BCUT2D eigenvalue weighted by molar-refractivity contribution is 5.46. The van der Waals surface area contributed by atoms with Crippen LogP contribution in [0.1, 0.15) is 0 Å². The topological polar surface area (TPSA) is 74.2 Å². The van der Waals surface area contributed by atoms with E-state index in [9.17, 15) is 13.2 Å².